The van der Waals surface area contributed by atoms with E-state index in [4.69, 9.17) is 5.73 Å². The van der Waals surface area contributed by atoms with Crippen molar-refractivity contribution in [3.05, 3.63) is 29.7 Å². The minimum absolute atomic E-state index is 0.273. The normalized spacial score (nSPS) is 13.6. The molecule has 0 aliphatic carbocycles. The third kappa shape index (κ3) is 3.41. The van der Waals surface area contributed by atoms with Gasteiger partial charge in [0.25, 0.3) is 10.0 Å². The molecule has 0 saturated carbocycles. The molecule has 1 unspecified atom stereocenters. The second-order valence-corrected chi connectivity index (χ2v) is 6.51. The van der Waals surface area contributed by atoms with Crippen molar-refractivity contribution in [2.75, 3.05) is 6.54 Å². The Morgan fingerprint density at radius 1 is 1.62 bits per heavy atom. The number of hydrogen-bond donors (Lipinski definition) is 2. The molecule has 6 heteroatoms. The maximum Gasteiger partial charge on any atom is 0.250 e. The third-order valence-corrected chi connectivity index (χ3v) is 5.18. The van der Waals surface area contributed by atoms with Gasteiger partial charge in [-0.05, 0) is 32.0 Å². The topological polar surface area (TPSA) is 72.2 Å². The SMILES string of the molecule is C=CC(C)NS(=O)(=O)c1ccc(CCN)s1. The molecule has 16 heavy (non-hydrogen) atoms. The molecule has 0 amide bonds. The van der Waals surface area contributed by atoms with Crippen LogP contribution < -0.4 is 10.5 Å². The average Bonchev–Trinajstić information content (AvgIpc) is 2.67. The maximum atomic E-state index is 11.8. The molecule has 0 radical (unpaired) electrons. The van der Waals surface area contributed by atoms with Gasteiger partial charge in [0.05, 0.1) is 0 Å². The summed E-state index contributed by atoms with van der Waals surface area (Å²) in [4.78, 5) is 0.981. The number of rotatable bonds is 6. The summed E-state index contributed by atoms with van der Waals surface area (Å²) in [5.74, 6) is 0. The van der Waals surface area contributed by atoms with Crippen molar-refractivity contribution in [3.8, 4) is 0 Å². The minimum Gasteiger partial charge on any atom is -0.330 e. The molecule has 1 aromatic rings. The lowest BCUT2D eigenvalue weighted by Crippen LogP contribution is -2.30. The van der Waals surface area contributed by atoms with Gasteiger partial charge in [-0.1, -0.05) is 6.08 Å². The Kier molecular flexibility index (Phi) is 4.67. The van der Waals surface area contributed by atoms with Crippen molar-refractivity contribution in [3.63, 3.8) is 0 Å². The monoisotopic (exact) mass is 260 g/mol. The predicted molar refractivity (Wildman–Crippen MR) is 67.1 cm³/mol. The van der Waals surface area contributed by atoms with Gasteiger partial charge in [0.15, 0.2) is 0 Å². The van der Waals surface area contributed by atoms with E-state index >= 15 is 0 Å². The first-order valence-corrected chi connectivity index (χ1v) is 7.23. The molecule has 0 aliphatic rings. The lowest BCUT2D eigenvalue weighted by atomic mass is 10.3. The van der Waals surface area contributed by atoms with Crippen molar-refractivity contribution >= 4 is 21.4 Å². The van der Waals surface area contributed by atoms with Gasteiger partial charge < -0.3 is 5.73 Å². The summed E-state index contributed by atoms with van der Waals surface area (Å²) in [6.07, 6.45) is 2.25. The van der Waals surface area contributed by atoms with E-state index in [1.54, 1.807) is 25.1 Å². The second kappa shape index (κ2) is 5.58. The Morgan fingerprint density at radius 3 is 2.88 bits per heavy atom. The molecule has 3 N–H and O–H groups in total. The quantitative estimate of drug-likeness (QED) is 0.752. The van der Waals surface area contributed by atoms with E-state index in [-0.39, 0.29) is 6.04 Å². The highest BCUT2D eigenvalue weighted by Crippen LogP contribution is 2.21. The van der Waals surface area contributed by atoms with E-state index in [9.17, 15) is 8.42 Å². The molecule has 0 aromatic carbocycles. The van der Waals surface area contributed by atoms with Crippen molar-refractivity contribution in [2.45, 2.75) is 23.6 Å². The maximum absolute atomic E-state index is 11.8. The third-order valence-electron chi connectivity index (χ3n) is 1.99. The highest BCUT2D eigenvalue weighted by atomic mass is 32.2. The van der Waals surface area contributed by atoms with E-state index in [0.717, 1.165) is 4.88 Å². The van der Waals surface area contributed by atoms with Gasteiger partial charge in [-0.3, -0.25) is 0 Å². The number of nitrogens with one attached hydrogen (secondary N) is 1. The van der Waals surface area contributed by atoms with Crippen LogP contribution in [0.2, 0.25) is 0 Å². The van der Waals surface area contributed by atoms with Gasteiger partial charge >= 0.3 is 0 Å². The van der Waals surface area contributed by atoms with Crippen LogP contribution in [0.15, 0.2) is 29.0 Å². The zero-order valence-corrected chi connectivity index (χ0v) is 10.8. The van der Waals surface area contributed by atoms with Crippen LogP contribution in [0.5, 0.6) is 0 Å². The van der Waals surface area contributed by atoms with Crippen LogP contribution >= 0.6 is 11.3 Å². The number of nitrogens with two attached hydrogens (primary N) is 1. The molecule has 4 nitrogen and oxygen atoms in total. The summed E-state index contributed by atoms with van der Waals surface area (Å²) in [6.45, 7) is 5.79. The summed E-state index contributed by atoms with van der Waals surface area (Å²) in [5, 5.41) is 0. The molecular formula is C10H16N2O2S2. The zero-order valence-electron chi connectivity index (χ0n) is 9.14. The van der Waals surface area contributed by atoms with Crippen molar-refractivity contribution in [1.82, 2.24) is 4.72 Å². The predicted octanol–water partition coefficient (Wildman–Crippen LogP) is 1.10. The molecule has 90 valence electrons. The Hall–Kier alpha value is -0.690. The van der Waals surface area contributed by atoms with Gasteiger partial charge in [0.1, 0.15) is 4.21 Å². The number of sulfonamides is 1. The lowest BCUT2D eigenvalue weighted by molar-refractivity contribution is 0.578. The average molecular weight is 260 g/mol. The first-order chi connectivity index (χ1) is 7.49. The van der Waals surface area contributed by atoms with E-state index in [0.29, 0.717) is 17.2 Å². The molecule has 1 heterocycles. The van der Waals surface area contributed by atoms with Gasteiger partial charge in [-0.2, -0.15) is 0 Å². The Balaban J connectivity index is 2.85. The van der Waals surface area contributed by atoms with Crippen LogP contribution in [-0.4, -0.2) is 21.0 Å². The zero-order chi connectivity index (χ0) is 12.2. The summed E-state index contributed by atoms with van der Waals surface area (Å²) >= 11 is 1.25. The van der Waals surface area contributed by atoms with Crippen LogP contribution in [0.1, 0.15) is 11.8 Å². The fraction of sp³-hybridized carbons (Fsp3) is 0.400. The summed E-state index contributed by atoms with van der Waals surface area (Å²) in [5.41, 5.74) is 5.41. The van der Waals surface area contributed by atoms with E-state index in [2.05, 4.69) is 11.3 Å². The molecule has 0 fully saturated rings. The first kappa shape index (κ1) is 13.4. The minimum atomic E-state index is -3.41. The molecule has 1 atom stereocenters. The van der Waals surface area contributed by atoms with E-state index in [1.807, 2.05) is 0 Å². The van der Waals surface area contributed by atoms with Crippen molar-refractivity contribution < 1.29 is 8.42 Å². The van der Waals surface area contributed by atoms with E-state index in [1.165, 1.54) is 11.3 Å². The molecule has 0 saturated heterocycles. The Morgan fingerprint density at radius 2 is 2.31 bits per heavy atom. The number of thiophene rings is 1. The lowest BCUT2D eigenvalue weighted by Gasteiger charge is -2.07. The van der Waals surface area contributed by atoms with Gasteiger partial charge in [0.2, 0.25) is 0 Å². The molecule has 0 spiro atoms. The summed E-state index contributed by atoms with van der Waals surface area (Å²) < 4.78 is 26.5. The molecule has 1 rings (SSSR count). The molecule has 1 aromatic heterocycles. The first-order valence-electron chi connectivity index (χ1n) is 4.93. The fourth-order valence-corrected chi connectivity index (χ4v) is 3.73. The van der Waals surface area contributed by atoms with Crippen LogP contribution in [-0.2, 0) is 16.4 Å². The Bertz CT molecular complexity index is 451. The highest BCUT2D eigenvalue weighted by Gasteiger charge is 2.17. The van der Waals surface area contributed by atoms with Gasteiger partial charge in [0, 0.05) is 10.9 Å². The molecular weight excluding hydrogens is 244 g/mol. The van der Waals surface area contributed by atoms with Crippen molar-refractivity contribution in [2.24, 2.45) is 5.73 Å². The van der Waals surface area contributed by atoms with Gasteiger partial charge in [-0.25, -0.2) is 13.1 Å². The largest absolute Gasteiger partial charge is 0.330 e. The van der Waals surface area contributed by atoms with E-state index < -0.39 is 10.0 Å². The van der Waals surface area contributed by atoms with Crippen LogP contribution in [0.25, 0.3) is 0 Å². The van der Waals surface area contributed by atoms with Gasteiger partial charge in [-0.15, -0.1) is 17.9 Å². The highest BCUT2D eigenvalue weighted by molar-refractivity contribution is 7.91. The number of hydrogen-bond acceptors (Lipinski definition) is 4. The van der Waals surface area contributed by atoms with Crippen molar-refractivity contribution in [1.29, 1.82) is 0 Å². The second-order valence-electron chi connectivity index (χ2n) is 3.41. The fourth-order valence-electron chi connectivity index (χ4n) is 1.13. The van der Waals surface area contributed by atoms with Crippen LogP contribution in [0, 0.1) is 0 Å². The standard InChI is InChI=1S/C10H16N2O2S2/c1-3-8(2)12-16(13,14)10-5-4-9(15-10)6-7-11/h3-5,8,12H,1,6-7,11H2,2H3. The summed E-state index contributed by atoms with van der Waals surface area (Å²) in [7, 11) is -3.41. The summed E-state index contributed by atoms with van der Waals surface area (Å²) in [6, 6.07) is 3.13. The smallest absolute Gasteiger partial charge is 0.250 e. The molecule has 0 aliphatic heterocycles. The molecule has 0 bridgehead atoms. The Labute approximate surface area is 100 Å². The van der Waals surface area contributed by atoms with Crippen LogP contribution in [0.4, 0.5) is 0 Å². The van der Waals surface area contributed by atoms with Crippen LogP contribution in [0.3, 0.4) is 0 Å².